The first-order valence-electron chi connectivity index (χ1n) is 10.7. The molecule has 0 saturated carbocycles. The quantitative estimate of drug-likeness (QED) is 0.293. The molecule has 8 heteroatoms. The van der Waals surface area contributed by atoms with E-state index in [1.165, 1.54) is 16.0 Å². The number of aromatic nitrogens is 3. The van der Waals surface area contributed by atoms with Crippen LogP contribution in [0, 0.1) is 0 Å². The fourth-order valence-corrected chi connectivity index (χ4v) is 4.86. The monoisotopic (exact) mass is 488 g/mol. The summed E-state index contributed by atoms with van der Waals surface area (Å²) in [7, 11) is 1.62. The van der Waals surface area contributed by atoms with Gasteiger partial charge in [-0.2, -0.15) is 4.68 Å². The summed E-state index contributed by atoms with van der Waals surface area (Å²) in [5.74, 6) is 0.738. The Morgan fingerprint density at radius 2 is 1.82 bits per heavy atom. The Bertz CT molecular complexity index is 1530. The molecule has 0 saturated heterocycles. The number of aliphatic imine (C=N–C) groups is 1. The molecule has 0 unspecified atom stereocenters. The summed E-state index contributed by atoms with van der Waals surface area (Å²) in [6.45, 7) is 2.22. The fourth-order valence-electron chi connectivity index (χ4n) is 3.74. The maximum Gasteiger partial charge on any atom is 0.283 e. The van der Waals surface area contributed by atoms with Gasteiger partial charge in [-0.1, -0.05) is 53.3 Å². The Hall–Kier alpha value is -3.68. The number of aromatic amines is 1. The first-order valence-corrected chi connectivity index (χ1v) is 11.8. The number of nitrogens with zero attached hydrogens (tertiary/aromatic N) is 3. The summed E-state index contributed by atoms with van der Waals surface area (Å²) >= 11 is 7.76. The standard InChI is InChI=1S/C26H21ClN4O2S/c1-16(28-15-18-7-3-4-8-20(18)27)23-24(17-11-13-19(33-2)14-12-17)30-31(25(23)32)26-29-21-9-5-6-10-22(21)34-26/h3-14,30H,15H2,1-2H3. The molecule has 6 nitrogen and oxygen atoms in total. The van der Waals surface area contributed by atoms with E-state index < -0.39 is 0 Å². The van der Waals surface area contributed by atoms with Crippen molar-refractivity contribution in [1.29, 1.82) is 0 Å². The molecule has 0 bridgehead atoms. The van der Waals surface area contributed by atoms with Gasteiger partial charge in [-0.3, -0.25) is 14.9 Å². The van der Waals surface area contributed by atoms with Crippen LogP contribution < -0.4 is 10.3 Å². The van der Waals surface area contributed by atoms with E-state index >= 15 is 0 Å². The maximum atomic E-state index is 13.6. The zero-order valence-corrected chi connectivity index (χ0v) is 20.2. The number of halogens is 1. The Labute approximate surface area is 205 Å². The Kier molecular flexibility index (Phi) is 6.04. The van der Waals surface area contributed by atoms with Crippen LogP contribution in [0.25, 0.3) is 26.6 Å². The number of hydrogen-bond donors (Lipinski definition) is 1. The molecule has 5 rings (SSSR count). The molecule has 2 aromatic heterocycles. The van der Waals surface area contributed by atoms with E-state index in [2.05, 4.69) is 10.1 Å². The summed E-state index contributed by atoms with van der Waals surface area (Å²) in [6.07, 6.45) is 0. The van der Waals surface area contributed by atoms with E-state index in [-0.39, 0.29) is 5.56 Å². The van der Waals surface area contributed by atoms with Crippen LogP contribution in [0.1, 0.15) is 18.1 Å². The molecular formula is C26H21ClN4O2S. The smallest absolute Gasteiger partial charge is 0.283 e. The SMILES string of the molecule is COc1ccc(-c2[nH]n(-c3nc4ccccc4s3)c(=O)c2C(C)=NCc2ccccc2Cl)cc1. The Balaban J connectivity index is 1.64. The van der Waals surface area contributed by atoms with Crippen LogP contribution in [0.4, 0.5) is 0 Å². The topological polar surface area (TPSA) is 72.3 Å². The molecule has 2 heterocycles. The lowest BCUT2D eigenvalue weighted by Gasteiger charge is -2.05. The zero-order valence-electron chi connectivity index (χ0n) is 18.6. The Morgan fingerprint density at radius 1 is 1.09 bits per heavy atom. The second-order valence-corrected chi connectivity index (χ2v) is 9.10. The van der Waals surface area contributed by atoms with Crippen LogP contribution in [0.3, 0.4) is 0 Å². The minimum absolute atomic E-state index is 0.203. The number of fused-ring (bicyclic) bond motifs is 1. The highest BCUT2D eigenvalue weighted by Gasteiger charge is 2.21. The molecule has 0 fully saturated rings. The molecule has 34 heavy (non-hydrogen) atoms. The number of ether oxygens (including phenoxy) is 1. The molecule has 0 atom stereocenters. The molecule has 170 valence electrons. The zero-order chi connectivity index (χ0) is 23.7. The molecule has 3 aromatic carbocycles. The van der Waals surface area contributed by atoms with Crippen LogP contribution in [0.15, 0.2) is 82.6 Å². The third kappa shape index (κ3) is 4.16. The van der Waals surface area contributed by atoms with Gasteiger partial charge in [0.1, 0.15) is 5.75 Å². The highest BCUT2D eigenvalue weighted by Crippen LogP contribution is 2.27. The summed E-state index contributed by atoms with van der Waals surface area (Å²) in [5, 5.41) is 4.50. The van der Waals surface area contributed by atoms with E-state index in [1.807, 2.05) is 79.7 Å². The number of benzene rings is 3. The first kappa shape index (κ1) is 22.1. The van der Waals surface area contributed by atoms with Gasteiger partial charge >= 0.3 is 0 Å². The average molecular weight is 489 g/mol. The summed E-state index contributed by atoms with van der Waals surface area (Å²) in [4.78, 5) is 23.0. The van der Waals surface area contributed by atoms with Crippen LogP contribution in [0.2, 0.25) is 5.02 Å². The first-order chi connectivity index (χ1) is 16.5. The van der Waals surface area contributed by atoms with E-state index in [9.17, 15) is 4.79 Å². The lowest BCUT2D eigenvalue weighted by atomic mass is 10.0. The largest absolute Gasteiger partial charge is 0.497 e. The highest BCUT2D eigenvalue weighted by molar-refractivity contribution is 7.20. The van der Waals surface area contributed by atoms with Gasteiger partial charge in [0, 0.05) is 16.3 Å². The maximum absolute atomic E-state index is 13.6. The minimum Gasteiger partial charge on any atom is -0.497 e. The van der Waals surface area contributed by atoms with Crippen LogP contribution in [-0.2, 0) is 6.54 Å². The van der Waals surface area contributed by atoms with Gasteiger partial charge < -0.3 is 4.74 Å². The van der Waals surface area contributed by atoms with E-state index in [0.29, 0.717) is 33.7 Å². The van der Waals surface area contributed by atoms with E-state index in [4.69, 9.17) is 21.3 Å². The third-order valence-electron chi connectivity index (χ3n) is 5.55. The van der Waals surface area contributed by atoms with Crippen molar-refractivity contribution >= 4 is 38.9 Å². The summed E-state index contributed by atoms with van der Waals surface area (Å²) in [6, 6.07) is 22.9. The number of para-hydroxylation sites is 1. The van der Waals surface area contributed by atoms with Crippen molar-refractivity contribution in [3.05, 3.63) is 99.3 Å². The van der Waals surface area contributed by atoms with Gasteiger partial charge in [0.15, 0.2) is 0 Å². The molecule has 0 spiro atoms. The van der Waals surface area contributed by atoms with Crippen molar-refractivity contribution in [3.8, 4) is 22.1 Å². The van der Waals surface area contributed by atoms with Gasteiger partial charge in [0.2, 0.25) is 5.13 Å². The second kappa shape index (κ2) is 9.29. The molecule has 0 aliphatic heterocycles. The molecular weight excluding hydrogens is 468 g/mol. The number of H-pyrrole nitrogens is 1. The van der Waals surface area contributed by atoms with Gasteiger partial charge in [-0.05, 0) is 55.0 Å². The lowest BCUT2D eigenvalue weighted by Crippen LogP contribution is -2.19. The van der Waals surface area contributed by atoms with Gasteiger partial charge in [0.25, 0.3) is 5.56 Å². The van der Waals surface area contributed by atoms with E-state index in [1.54, 1.807) is 7.11 Å². The lowest BCUT2D eigenvalue weighted by molar-refractivity contribution is 0.415. The molecule has 0 amide bonds. The summed E-state index contributed by atoms with van der Waals surface area (Å²) in [5.41, 5.74) is 4.18. The van der Waals surface area contributed by atoms with Crippen LogP contribution in [-0.4, -0.2) is 27.6 Å². The predicted octanol–water partition coefficient (Wildman–Crippen LogP) is 6.11. The predicted molar refractivity (Wildman–Crippen MR) is 139 cm³/mol. The Morgan fingerprint density at radius 3 is 2.56 bits per heavy atom. The van der Waals surface area contributed by atoms with Crippen molar-refractivity contribution in [2.24, 2.45) is 4.99 Å². The van der Waals surface area contributed by atoms with Crippen molar-refractivity contribution in [3.63, 3.8) is 0 Å². The van der Waals surface area contributed by atoms with Crippen LogP contribution >= 0.6 is 22.9 Å². The molecule has 0 aliphatic carbocycles. The number of methoxy groups -OCH3 is 1. The average Bonchev–Trinajstić information content (AvgIpc) is 3.44. The van der Waals surface area contributed by atoms with Gasteiger partial charge in [-0.25, -0.2) is 4.98 Å². The molecule has 5 aromatic rings. The van der Waals surface area contributed by atoms with E-state index in [0.717, 1.165) is 27.1 Å². The normalized spacial score (nSPS) is 11.8. The van der Waals surface area contributed by atoms with Gasteiger partial charge in [-0.15, -0.1) is 0 Å². The van der Waals surface area contributed by atoms with Crippen molar-refractivity contribution in [1.82, 2.24) is 14.8 Å². The number of hydrogen-bond acceptors (Lipinski definition) is 5. The molecule has 0 radical (unpaired) electrons. The summed E-state index contributed by atoms with van der Waals surface area (Å²) < 4.78 is 7.80. The molecule has 1 N–H and O–H groups in total. The third-order valence-corrected chi connectivity index (χ3v) is 6.94. The number of thiazole rings is 1. The van der Waals surface area contributed by atoms with Crippen molar-refractivity contribution in [2.75, 3.05) is 7.11 Å². The number of nitrogens with one attached hydrogen (secondary N) is 1. The van der Waals surface area contributed by atoms with Crippen molar-refractivity contribution in [2.45, 2.75) is 13.5 Å². The second-order valence-electron chi connectivity index (χ2n) is 7.69. The number of rotatable bonds is 6. The van der Waals surface area contributed by atoms with Crippen molar-refractivity contribution < 1.29 is 4.74 Å². The minimum atomic E-state index is -0.203. The highest BCUT2D eigenvalue weighted by atomic mass is 35.5. The van der Waals surface area contributed by atoms with Gasteiger partial charge in [0.05, 0.1) is 35.1 Å². The van der Waals surface area contributed by atoms with Crippen LogP contribution in [0.5, 0.6) is 5.75 Å². The fraction of sp³-hybridized carbons (Fsp3) is 0.115. The molecule has 0 aliphatic rings.